The minimum Gasteiger partial charge on any atom is -0.422 e. The van der Waals surface area contributed by atoms with Crippen molar-refractivity contribution in [3.63, 3.8) is 0 Å². The van der Waals surface area contributed by atoms with Gasteiger partial charge in [0.25, 0.3) is 5.91 Å². The van der Waals surface area contributed by atoms with Gasteiger partial charge in [0.05, 0.1) is 18.0 Å². The Balaban J connectivity index is 1.63. The second-order valence-corrected chi connectivity index (χ2v) is 6.82. The zero-order chi connectivity index (χ0) is 21.6. The number of nitrogens with one attached hydrogen (secondary N) is 1. The third-order valence-corrected chi connectivity index (χ3v) is 4.62. The lowest BCUT2D eigenvalue weighted by Gasteiger charge is -2.10. The summed E-state index contributed by atoms with van der Waals surface area (Å²) in [6, 6.07) is 17.5. The van der Waals surface area contributed by atoms with Crippen LogP contribution in [0.25, 0.3) is 10.8 Å². The van der Waals surface area contributed by atoms with Gasteiger partial charge in [-0.25, -0.2) is 15.2 Å². The molecular formula is C23H15ClN4O3. The number of carbonyl (C=O) groups excluding carboxylic acids is 2. The van der Waals surface area contributed by atoms with Crippen molar-refractivity contribution in [2.75, 3.05) is 0 Å². The molecule has 152 valence electrons. The molecule has 0 radical (unpaired) electrons. The number of nitrogens with zero attached hydrogens (tertiary/aromatic N) is 3. The summed E-state index contributed by atoms with van der Waals surface area (Å²) in [5, 5.41) is 6.27. The second kappa shape index (κ2) is 9.15. The number of aromatic nitrogens is 2. The van der Waals surface area contributed by atoms with Gasteiger partial charge in [-0.2, -0.15) is 5.10 Å². The molecule has 31 heavy (non-hydrogen) atoms. The Morgan fingerprint density at radius 2 is 1.81 bits per heavy atom. The van der Waals surface area contributed by atoms with Gasteiger partial charge < -0.3 is 4.74 Å². The first-order valence-corrected chi connectivity index (χ1v) is 9.58. The molecule has 1 amide bonds. The highest BCUT2D eigenvalue weighted by Crippen LogP contribution is 2.27. The molecule has 0 spiro atoms. The van der Waals surface area contributed by atoms with E-state index in [1.807, 2.05) is 30.3 Å². The molecule has 1 N–H and O–H groups in total. The number of ether oxygens (including phenoxy) is 1. The van der Waals surface area contributed by atoms with Gasteiger partial charge in [0.15, 0.2) is 0 Å². The van der Waals surface area contributed by atoms with Crippen LogP contribution >= 0.6 is 11.6 Å². The average Bonchev–Trinajstić information content (AvgIpc) is 2.81. The predicted molar refractivity (Wildman–Crippen MR) is 117 cm³/mol. The summed E-state index contributed by atoms with van der Waals surface area (Å²) in [5.74, 6) is -0.745. The number of hydrogen-bond acceptors (Lipinski definition) is 6. The van der Waals surface area contributed by atoms with Crippen LogP contribution in [0.3, 0.4) is 0 Å². The predicted octanol–water partition coefficient (Wildman–Crippen LogP) is 4.27. The molecule has 0 aliphatic heterocycles. The molecule has 3 aromatic carbocycles. The fourth-order valence-corrected chi connectivity index (χ4v) is 3.00. The Bertz CT molecular complexity index is 1280. The Labute approximate surface area is 182 Å². The van der Waals surface area contributed by atoms with Crippen LogP contribution in [0.2, 0.25) is 5.02 Å². The maximum Gasteiger partial charge on any atom is 0.343 e. The summed E-state index contributed by atoms with van der Waals surface area (Å²) in [7, 11) is 0. The van der Waals surface area contributed by atoms with Gasteiger partial charge in [-0.05, 0) is 41.1 Å². The van der Waals surface area contributed by atoms with Crippen molar-refractivity contribution in [3.8, 4) is 5.75 Å². The van der Waals surface area contributed by atoms with Gasteiger partial charge in [0, 0.05) is 23.0 Å². The van der Waals surface area contributed by atoms with Crippen LogP contribution in [0, 0.1) is 0 Å². The van der Waals surface area contributed by atoms with E-state index in [0.29, 0.717) is 21.9 Å². The zero-order valence-corrected chi connectivity index (χ0v) is 16.8. The SMILES string of the molecule is O=C(Oc1ccc2ccccc2c1/C=N/NC(=O)c1cnccn1)c1ccc(Cl)cc1. The van der Waals surface area contributed by atoms with E-state index in [4.69, 9.17) is 16.3 Å². The molecule has 0 bridgehead atoms. The Kier molecular flexibility index (Phi) is 5.96. The molecule has 4 rings (SSSR count). The van der Waals surface area contributed by atoms with E-state index in [-0.39, 0.29) is 5.69 Å². The summed E-state index contributed by atoms with van der Waals surface area (Å²) in [4.78, 5) is 32.5. The van der Waals surface area contributed by atoms with E-state index >= 15 is 0 Å². The fraction of sp³-hybridized carbons (Fsp3) is 0. The van der Waals surface area contributed by atoms with Crippen LogP contribution in [0.5, 0.6) is 5.75 Å². The van der Waals surface area contributed by atoms with Gasteiger partial charge in [0.1, 0.15) is 11.4 Å². The molecule has 4 aromatic rings. The molecule has 0 saturated heterocycles. The standard InChI is InChI=1S/C23H15ClN4O3/c24-17-8-5-16(6-9-17)23(30)31-21-10-7-15-3-1-2-4-18(15)19(21)13-27-28-22(29)20-14-25-11-12-26-20/h1-14H,(H,28,29)/b27-13+. The lowest BCUT2D eigenvalue weighted by molar-refractivity contribution is 0.0734. The molecule has 0 saturated carbocycles. The quantitative estimate of drug-likeness (QED) is 0.221. The maximum atomic E-state index is 12.6. The fourth-order valence-electron chi connectivity index (χ4n) is 2.87. The van der Waals surface area contributed by atoms with Crippen LogP contribution < -0.4 is 10.2 Å². The number of halogens is 1. The largest absolute Gasteiger partial charge is 0.422 e. The normalized spacial score (nSPS) is 10.9. The van der Waals surface area contributed by atoms with E-state index in [1.54, 1.807) is 30.3 Å². The minimum absolute atomic E-state index is 0.131. The summed E-state index contributed by atoms with van der Waals surface area (Å²) >= 11 is 5.88. The Morgan fingerprint density at radius 3 is 2.58 bits per heavy atom. The lowest BCUT2D eigenvalue weighted by atomic mass is 10.0. The molecule has 7 nitrogen and oxygen atoms in total. The molecule has 8 heteroatoms. The smallest absolute Gasteiger partial charge is 0.343 e. The van der Waals surface area contributed by atoms with Crippen molar-refractivity contribution >= 4 is 40.5 Å². The maximum absolute atomic E-state index is 12.6. The molecule has 1 heterocycles. The molecule has 0 atom stereocenters. The molecule has 0 aliphatic rings. The topological polar surface area (TPSA) is 93.5 Å². The second-order valence-electron chi connectivity index (χ2n) is 6.38. The van der Waals surface area contributed by atoms with Crippen molar-refractivity contribution in [2.24, 2.45) is 5.10 Å². The van der Waals surface area contributed by atoms with Gasteiger partial charge in [-0.1, -0.05) is 41.9 Å². The average molecular weight is 431 g/mol. The Morgan fingerprint density at radius 1 is 1.00 bits per heavy atom. The van der Waals surface area contributed by atoms with Crippen molar-refractivity contribution < 1.29 is 14.3 Å². The minimum atomic E-state index is -0.537. The monoisotopic (exact) mass is 430 g/mol. The Hall–Kier alpha value is -4.10. The van der Waals surface area contributed by atoms with Crippen LogP contribution in [0.15, 0.2) is 84.4 Å². The number of hydrogen-bond donors (Lipinski definition) is 1. The number of carbonyl (C=O) groups is 2. The summed E-state index contributed by atoms with van der Waals surface area (Å²) in [5.41, 5.74) is 3.43. The van der Waals surface area contributed by atoms with Gasteiger partial charge in [-0.3, -0.25) is 9.78 Å². The van der Waals surface area contributed by atoms with Crippen molar-refractivity contribution in [3.05, 3.63) is 101 Å². The van der Waals surface area contributed by atoms with Crippen molar-refractivity contribution in [1.82, 2.24) is 15.4 Å². The highest BCUT2D eigenvalue weighted by Gasteiger charge is 2.14. The molecule has 1 aromatic heterocycles. The lowest BCUT2D eigenvalue weighted by Crippen LogP contribution is -2.19. The first-order valence-electron chi connectivity index (χ1n) is 9.21. The van der Waals surface area contributed by atoms with Crippen molar-refractivity contribution in [2.45, 2.75) is 0 Å². The highest BCUT2D eigenvalue weighted by molar-refractivity contribution is 6.30. The third kappa shape index (κ3) is 4.73. The van der Waals surface area contributed by atoms with E-state index in [1.165, 1.54) is 24.8 Å². The number of esters is 1. The first-order chi connectivity index (χ1) is 15.1. The summed E-state index contributed by atoms with van der Waals surface area (Å²) in [6.45, 7) is 0. The molecular weight excluding hydrogens is 416 g/mol. The van der Waals surface area contributed by atoms with Gasteiger partial charge in [0.2, 0.25) is 0 Å². The number of rotatable bonds is 5. The van der Waals surface area contributed by atoms with E-state index < -0.39 is 11.9 Å². The van der Waals surface area contributed by atoms with E-state index in [0.717, 1.165) is 10.8 Å². The number of hydrazone groups is 1. The number of amides is 1. The van der Waals surface area contributed by atoms with E-state index in [2.05, 4.69) is 20.5 Å². The molecule has 0 aliphatic carbocycles. The van der Waals surface area contributed by atoms with Crippen molar-refractivity contribution in [1.29, 1.82) is 0 Å². The zero-order valence-electron chi connectivity index (χ0n) is 16.0. The van der Waals surface area contributed by atoms with Crippen LogP contribution in [-0.4, -0.2) is 28.1 Å². The highest BCUT2D eigenvalue weighted by atomic mass is 35.5. The van der Waals surface area contributed by atoms with Crippen LogP contribution in [0.1, 0.15) is 26.4 Å². The molecule has 0 unspecified atom stereocenters. The van der Waals surface area contributed by atoms with Crippen LogP contribution in [-0.2, 0) is 0 Å². The van der Waals surface area contributed by atoms with Gasteiger partial charge >= 0.3 is 5.97 Å². The van der Waals surface area contributed by atoms with Gasteiger partial charge in [-0.15, -0.1) is 0 Å². The third-order valence-electron chi connectivity index (χ3n) is 4.37. The van der Waals surface area contributed by atoms with E-state index in [9.17, 15) is 9.59 Å². The number of benzene rings is 3. The summed E-state index contributed by atoms with van der Waals surface area (Å²) < 4.78 is 5.61. The summed E-state index contributed by atoms with van der Waals surface area (Å²) in [6.07, 6.45) is 5.65. The first kappa shape index (κ1) is 20.2. The van der Waals surface area contributed by atoms with Crippen LogP contribution in [0.4, 0.5) is 0 Å². The number of fused-ring (bicyclic) bond motifs is 1. The molecule has 0 fully saturated rings.